The Labute approximate surface area is 220 Å². The molecular formula is C25H30N6O4S2. The number of thiazole rings is 1. The summed E-state index contributed by atoms with van der Waals surface area (Å²) >= 11 is 1.55. The van der Waals surface area contributed by atoms with E-state index in [4.69, 9.17) is 4.74 Å². The van der Waals surface area contributed by atoms with Crippen LogP contribution < -0.4 is 10.6 Å². The summed E-state index contributed by atoms with van der Waals surface area (Å²) < 4.78 is 31.9. The minimum Gasteiger partial charge on any atom is -0.447 e. The SMILES string of the molecule is CC(C)OC(=O)N[C@H]1CC[C@H](c2ncc(-c3ccc(Nc4ncncn4)cc3S(=O)(=O)C3CC3)s2)CC1. The number of hydrogen-bond acceptors (Lipinski definition) is 10. The van der Waals surface area contributed by atoms with Gasteiger partial charge in [0, 0.05) is 29.4 Å². The number of sulfone groups is 1. The van der Waals surface area contributed by atoms with Crippen molar-refractivity contribution in [1.29, 1.82) is 0 Å². The number of carbonyl (C=O) groups excluding carboxylic acids is 1. The summed E-state index contributed by atoms with van der Waals surface area (Å²) in [5.41, 5.74) is 1.27. The number of nitrogens with zero attached hydrogens (tertiary/aromatic N) is 4. The zero-order chi connectivity index (χ0) is 26.0. The fourth-order valence-corrected chi connectivity index (χ4v) is 7.61. The molecule has 3 aromatic rings. The molecule has 2 fully saturated rings. The van der Waals surface area contributed by atoms with Crippen LogP contribution in [0.1, 0.15) is 63.3 Å². The Hall–Kier alpha value is -3.12. The lowest BCUT2D eigenvalue weighted by Gasteiger charge is -2.28. The smallest absolute Gasteiger partial charge is 0.407 e. The van der Waals surface area contributed by atoms with Gasteiger partial charge >= 0.3 is 6.09 Å². The summed E-state index contributed by atoms with van der Waals surface area (Å²) in [5.74, 6) is 0.631. The van der Waals surface area contributed by atoms with Crippen LogP contribution in [0.3, 0.4) is 0 Å². The highest BCUT2D eigenvalue weighted by Crippen LogP contribution is 2.43. The zero-order valence-corrected chi connectivity index (χ0v) is 22.4. The molecule has 196 valence electrons. The van der Waals surface area contributed by atoms with Crippen molar-refractivity contribution in [2.45, 2.75) is 80.6 Å². The molecule has 2 N–H and O–H groups in total. The van der Waals surface area contributed by atoms with Crippen LogP contribution in [-0.4, -0.2) is 51.8 Å². The normalized spacial score (nSPS) is 20.0. The number of benzene rings is 1. The van der Waals surface area contributed by atoms with Gasteiger partial charge < -0.3 is 15.4 Å². The van der Waals surface area contributed by atoms with Gasteiger partial charge in [0.1, 0.15) is 12.7 Å². The predicted molar refractivity (Wildman–Crippen MR) is 141 cm³/mol. The van der Waals surface area contributed by atoms with Gasteiger partial charge in [-0.15, -0.1) is 11.3 Å². The van der Waals surface area contributed by atoms with E-state index in [1.807, 2.05) is 26.0 Å². The summed E-state index contributed by atoms with van der Waals surface area (Å²) in [4.78, 5) is 29.7. The average Bonchev–Trinajstić information content (AvgIpc) is 3.63. The largest absolute Gasteiger partial charge is 0.447 e. The highest BCUT2D eigenvalue weighted by molar-refractivity contribution is 7.92. The number of aromatic nitrogens is 4. The number of ether oxygens (including phenoxy) is 1. The maximum absolute atomic E-state index is 13.4. The van der Waals surface area contributed by atoms with Crippen LogP contribution in [0.2, 0.25) is 0 Å². The van der Waals surface area contributed by atoms with Crippen molar-refractivity contribution in [1.82, 2.24) is 25.3 Å². The maximum Gasteiger partial charge on any atom is 0.407 e. The molecule has 12 heteroatoms. The minimum absolute atomic E-state index is 0.0987. The molecule has 0 radical (unpaired) electrons. The van der Waals surface area contributed by atoms with Crippen molar-refractivity contribution in [3.05, 3.63) is 42.1 Å². The van der Waals surface area contributed by atoms with Crippen molar-refractivity contribution in [2.24, 2.45) is 0 Å². The Kier molecular flexibility index (Phi) is 7.38. The van der Waals surface area contributed by atoms with E-state index in [0.29, 0.717) is 34.9 Å². The van der Waals surface area contributed by atoms with E-state index < -0.39 is 9.84 Å². The third kappa shape index (κ3) is 6.07. The number of hydrogen-bond donors (Lipinski definition) is 2. The highest BCUT2D eigenvalue weighted by Gasteiger charge is 2.39. The molecule has 2 heterocycles. The van der Waals surface area contributed by atoms with Gasteiger partial charge in [-0.2, -0.15) is 0 Å². The van der Waals surface area contributed by atoms with Crippen molar-refractivity contribution < 1.29 is 17.9 Å². The number of nitrogens with one attached hydrogen (secondary N) is 2. The Morgan fingerprint density at radius 2 is 1.78 bits per heavy atom. The van der Waals surface area contributed by atoms with Crippen LogP contribution in [-0.2, 0) is 14.6 Å². The molecule has 1 amide bonds. The molecule has 0 atom stereocenters. The number of anilines is 2. The summed E-state index contributed by atoms with van der Waals surface area (Å²) in [6.45, 7) is 3.66. The molecule has 2 aliphatic rings. The monoisotopic (exact) mass is 542 g/mol. The Bertz CT molecular complexity index is 1350. The first kappa shape index (κ1) is 25.5. The first-order valence-electron chi connectivity index (χ1n) is 12.5. The number of amides is 1. The Balaban J connectivity index is 1.33. The summed E-state index contributed by atoms with van der Waals surface area (Å²) in [5, 5.41) is 6.68. The van der Waals surface area contributed by atoms with E-state index in [1.54, 1.807) is 23.6 Å². The second kappa shape index (κ2) is 10.7. The molecule has 1 aromatic carbocycles. The van der Waals surface area contributed by atoms with E-state index in [0.717, 1.165) is 35.6 Å². The summed E-state index contributed by atoms with van der Waals surface area (Å²) in [7, 11) is -3.47. The molecule has 5 rings (SSSR count). The molecule has 37 heavy (non-hydrogen) atoms. The molecule has 0 aliphatic heterocycles. The van der Waals surface area contributed by atoms with Crippen LogP contribution in [0, 0.1) is 0 Å². The summed E-state index contributed by atoms with van der Waals surface area (Å²) in [6, 6.07) is 5.43. The van der Waals surface area contributed by atoms with Crippen LogP contribution in [0.15, 0.2) is 41.9 Å². The first-order chi connectivity index (χ1) is 17.8. The van der Waals surface area contributed by atoms with Crippen LogP contribution in [0.4, 0.5) is 16.4 Å². The summed E-state index contributed by atoms with van der Waals surface area (Å²) in [6.07, 6.45) is 8.91. The van der Waals surface area contributed by atoms with Gasteiger partial charge in [0.05, 0.1) is 26.1 Å². The average molecular weight is 543 g/mol. The van der Waals surface area contributed by atoms with Gasteiger partial charge in [-0.3, -0.25) is 0 Å². The second-order valence-corrected chi connectivity index (χ2v) is 13.0. The molecule has 2 aromatic heterocycles. The third-order valence-electron chi connectivity index (χ3n) is 6.53. The van der Waals surface area contributed by atoms with Crippen molar-refractivity contribution >= 4 is 38.9 Å². The topological polar surface area (TPSA) is 136 Å². The van der Waals surface area contributed by atoms with E-state index in [-0.39, 0.29) is 29.4 Å². The zero-order valence-electron chi connectivity index (χ0n) is 20.8. The van der Waals surface area contributed by atoms with Gasteiger partial charge in [-0.25, -0.2) is 33.1 Å². The van der Waals surface area contributed by atoms with Crippen molar-refractivity contribution in [2.75, 3.05) is 5.32 Å². The quantitative estimate of drug-likeness (QED) is 0.410. The van der Waals surface area contributed by atoms with E-state index in [1.165, 1.54) is 12.7 Å². The second-order valence-electron chi connectivity index (χ2n) is 9.75. The van der Waals surface area contributed by atoms with Gasteiger partial charge in [0.25, 0.3) is 0 Å². The molecule has 0 saturated heterocycles. The first-order valence-corrected chi connectivity index (χ1v) is 14.9. The predicted octanol–water partition coefficient (Wildman–Crippen LogP) is 4.84. The van der Waals surface area contributed by atoms with Crippen molar-refractivity contribution in [3.63, 3.8) is 0 Å². The van der Waals surface area contributed by atoms with Crippen LogP contribution >= 0.6 is 11.3 Å². The lowest BCUT2D eigenvalue weighted by atomic mass is 9.86. The number of alkyl carbamates (subject to hydrolysis) is 1. The minimum atomic E-state index is -3.47. The van der Waals surface area contributed by atoms with E-state index >= 15 is 0 Å². The highest BCUT2D eigenvalue weighted by atomic mass is 32.2. The third-order valence-corrected chi connectivity index (χ3v) is 10.0. The van der Waals surface area contributed by atoms with E-state index in [9.17, 15) is 13.2 Å². The maximum atomic E-state index is 13.4. The molecule has 10 nitrogen and oxygen atoms in total. The molecule has 0 bridgehead atoms. The fourth-order valence-electron chi connectivity index (χ4n) is 4.53. The van der Waals surface area contributed by atoms with Crippen LogP contribution in [0.5, 0.6) is 0 Å². The molecule has 2 saturated carbocycles. The lowest BCUT2D eigenvalue weighted by molar-refractivity contribution is 0.109. The standard InChI is InChI=1S/C25H30N6O4S2/c1-15(2)35-25(32)31-17-5-3-16(4-6-17)23-27-12-21(36-23)20-10-7-18(30-24-28-13-26-14-29-24)11-22(20)37(33,34)19-8-9-19/h7,10-17,19H,3-6,8-9H2,1-2H3,(H,31,32)(H,26,28,29,30)/t16-,17-. The Morgan fingerprint density at radius 3 is 2.46 bits per heavy atom. The lowest BCUT2D eigenvalue weighted by Crippen LogP contribution is -2.38. The van der Waals surface area contributed by atoms with E-state index in [2.05, 4.69) is 30.6 Å². The van der Waals surface area contributed by atoms with Gasteiger partial charge in [0.2, 0.25) is 5.95 Å². The van der Waals surface area contributed by atoms with Gasteiger partial charge in [-0.1, -0.05) is 6.07 Å². The number of carbonyl (C=O) groups is 1. The van der Waals surface area contributed by atoms with Gasteiger partial charge in [0.15, 0.2) is 9.84 Å². The molecular weight excluding hydrogens is 512 g/mol. The number of rotatable bonds is 8. The fraction of sp³-hybridized carbons (Fsp3) is 0.480. The van der Waals surface area contributed by atoms with Crippen LogP contribution in [0.25, 0.3) is 10.4 Å². The van der Waals surface area contributed by atoms with Crippen molar-refractivity contribution in [3.8, 4) is 10.4 Å². The molecule has 0 unspecified atom stereocenters. The molecule has 0 spiro atoms. The van der Waals surface area contributed by atoms with Gasteiger partial charge in [-0.05, 0) is 64.5 Å². The molecule has 2 aliphatic carbocycles. The Morgan fingerprint density at radius 1 is 1.05 bits per heavy atom.